The summed E-state index contributed by atoms with van der Waals surface area (Å²) < 4.78 is 7.86. The Morgan fingerprint density at radius 2 is 2.04 bits per heavy atom. The van der Waals surface area contributed by atoms with Crippen LogP contribution in [0.25, 0.3) is 0 Å². The maximum absolute atomic E-state index is 13.5. The zero-order valence-corrected chi connectivity index (χ0v) is 14.6. The highest BCUT2D eigenvalue weighted by atomic mass is 35.5. The largest absolute Gasteiger partial charge is 0.352 e. The highest BCUT2D eigenvalue weighted by molar-refractivity contribution is 6.31. The number of benzene rings is 2. The molecule has 1 atom stereocenters. The molecule has 2 aromatic carbocycles. The van der Waals surface area contributed by atoms with Crippen molar-refractivity contribution < 1.29 is 9.53 Å². The van der Waals surface area contributed by atoms with Gasteiger partial charge in [0.25, 0.3) is 5.91 Å². The van der Waals surface area contributed by atoms with E-state index in [1.165, 1.54) is 0 Å². The van der Waals surface area contributed by atoms with Crippen LogP contribution in [-0.4, -0.2) is 20.9 Å². The number of halogens is 1. The minimum Gasteiger partial charge on any atom is -0.352 e. The predicted molar refractivity (Wildman–Crippen MR) is 95.6 cm³/mol. The Balaban J connectivity index is 1.62. The molecule has 1 spiro atoms. The molecule has 2 aliphatic heterocycles. The number of hydrogen-bond donors (Lipinski definition) is 0. The van der Waals surface area contributed by atoms with E-state index in [0.717, 1.165) is 22.5 Å². The summed E-state index contributed by atoms with van der Waals surface area (Å²) >= 11 is 6.24. The lowest BCUT2D eigenvalue weighted by molar-refractivity contribution is -0.153. The maximum Gasteiger partial charge on any atom is 0.266 e. The number of ether oxygens (including phenoxy) is 1. The summed E-state index contributed by atoms with van der Waals surface area (Å²) in [6.07, 6.45) is 1.66. The molecule has 1 aromatic heterocycles. The predicted octanol–water partition coefficient (Wildman–Crippen LogP) is 2.90. The fourth-order valence-electron chi connectivity index (χ4n) is 3.70. The first-order valence-corrected chi connectivity index (χ1v) is 8.72. The van der Waals surface area contributed by atoms with Crippen molar-refractivity contribution in [1.82, 2.24) is 15.0 Å². The molecule has 0 radical (unpaired) electrons. The first kappa shape index (κ1) is 15.5. The SMILES string of the molecule is O=C1N(Cc2ccccc2)c2ccc(Cl)cc2C12Cn1nncc1CO2. The smallest absolute Gasteiger partial charge is 0.266 e. The van der Waals surface area contributed by atoms with Gasteiger partial charge in [0.15, 0.2) is 5.60 Å². The van der Waals surface area contributed by atoms with Crippen LogP contribution >= 0.6 is 11.6 Å². The van der Waals surface area contributed by atoms with Gasteiger partial charge in [-0.1, -0.05) is 47.1 Å². The van der Waals surface area contributed by atoms with Crippen molar-refractivity contribution >= 4 is 23.2 Å². The van der Waals surface area contributed by atoms with Crippen LogP contribution in [0.2, 0.25) is 5.02 Å². The van der Waals surface area contributed by atoms with E-state index in [1.54, 1.807) is 21.8 Å². The van der Waals surface area contributed by atoms with Gasteiger partial charge in [0, 0.05) is 10.6 Å². The second-order valence-corrected chi connectivity index (χ2v) is 6.97. The molecule has 3 aromatic rings. The zero-order chi connectivity index (χ0) is 17.7. The fourth-order valence-corrected chi connectivity index (χ4v) is 3.87. The number of rotatable bonds is 2. The molecule has 6 nitrogen and oxygen atoms in total. The van der Waals surface area contributed by atoms with Crippen LogP contribution in [0.5, 0.6) is 0 Å². The topological polar surface area (TPSA) is 60.2 Å². The maximum atomic E-state index is 13.5. The van der Waals surface area contributed by atoms with Gasteiger partial charge in [-0.15, -0.1) is 5.10 Å². The lowest BCUT2D eigenvalue weighted by Gasteiger charge is -2.32. The number of aromatic nitrogens is 3. The van der Waals surface area contributed by atoms with Crippen LogP contribution in [0.3, 0.4) is 0 Å². The van der Waals surface area contributed by atoms with Crippen molar-refractivity contribution in [2.24, 2.45) is 0 Å². The quantitative estimate of drug-likeness (QED) is 0.699. The Hall–Kier alpha value is -2.70. The van der Waals surface area contributed by atoms with Gasteiger partial charge in [0.05, 0.1) is 37.3 Å². The van der Waals surface area contributed by atoms with Crippen LogP contribution in [-0.2, 0) is 34.8 Å². The number of carbonyl (C=O) groups excluding carboxylic acids is 1. The summed E-state index contributed by atoms with van der Waals surface area (Å²) in [7, 11) is 0. The highest BCUT2D eigenvalue weighted by Gasteiger charge is 2.54. The number of hydrogen-bond acceptors (Lipinski definition) is 4. The molecular weight excluding hydrogens is 352 g/mol. The van der Waals surface area contributed by atoms with E-state index in [0.29, 0.717) is 18.1 Å². The molecule has 7 heteroatoms. The Morgan fingerprint density at radius 1 is 1.19 bits per heavy atom. The average Bonchev–Trinajstić information content (AvgIpc) is 3.20. The second kappa shape index (κ2) is 5.65. The standard InChI is InChI=1S/C19H15ClN4O2/c20-14-6-7-17-16(8-14)19(12-24-15(11-26-19)9-21-22-24)18(25)23(17)10-13-4-2-1-3-5-13/h1-9H,10-12H2. The molecular formula is C19H15ClN4O2. The van der Waals surface area contributed by atoms with Crippen molar-refractivity contribution in [3.63, 3.8) is 0 Å². The van der Waals surface area contributed by atoms with E-state index in [1.807, 2.05) is 42.5 Å². The van der Waals surface area contributed by atoms with Crippen LogP contribution in [0.15, 0.2) is 54.7 Å². The van der Waals surface area contributed by atoms with Crippen LogP contribution < -0.4 is 4.90 Å². The van der Waals surface area contributed by atoms with Gasteiger partial charge in [-0.3, -0.25) is 4.79 Å². The summed E-state index contributed by atoms with van der Waals surface area (Å²) in [6.45, 7) is 1.05. The first-order valence-electron chi connectivity index (χ1n) is 8.35. The molecule has 3 heterocycles. The van der Waals surface area contributed by atoms with Gasteiger partial charge in [0.1, 0.15) is 0 Å². The van der Waals surface area contributed by atoms with Gasteiger partial charge >= 0.3 is 0 Å². The third-order valence-corrected chi connectivity index (χ3v) is 5.23. The Kier molecular flexibility index (Phi) is 3.38. The molecule has 130 valence electrons. The van der Waals surface area contributed by atoms with E-state index < -0.39 is 5.60 Å². The molecule has 0 saturated carbocycles. The summed E-state index contributed by atoms with van der Waals surface area (Å²) in [5, 5.41) is 8.60. The van der Waals surface area contributed by atoms with Gasteiger partial charge in [-0.2, -0.15) is 0 Å². The molecule has 0 aliphatic carbocycles. The number of anilines is 1. The normalized spacial score (nSPS) is 21.1. The summed E-state index contributed by atoms with van der Waals surface area (Å²) in [4.78, 5) is 15.2. The lowest BCUT2D eigenvalue weighted by atomic mass is 9.94. The number of fused-ring (bicyclic) bond motifs is 3. The Bertz CT molecular complexity index is 1000. The number of carbonyl (C=O) groups is 1. The van der Waals surface area contributed by atoms with Gasteiger partial charge in [0.2, 0.25) is 0 Å². The average molecular weight is 367 g/mol. The zero-order valence-electron chi connectivity index (χ0n) is 13.8. The van der Waals surface area contributed by atoms with Crippen molar-refractivity contribution in [3.8, 4) is 0 Å². The van der Waals surface area contributed by atoms with Crippen LogP contribution in [0.1, 0.15) is 16.8 Å². The molecule has 2 aliphatic rings. The molecule has 1 unspecified atom stereocenters. The highest BCUT2D eigenvalue weighted by Crippen LogP contribution is 2.47. The number of amides is 1. The molecule has 0 saturated heterocycles. The van der Waals surface area contributed by atoms with Gasteiger partial charge < -0.3 is 9.64 Å². The van der Waals surface area contributed by atoms with Crippen molar-refractivity contribution in [1.29, 1.82) is 0 Å². The summed E-state index contributed by atoms with van der Waals surface area (Å²) in [6, 6.07) is 15.4. The minimum atomic E-state index is -1.12. The molecule has 5 rings (SSSR count). The Morgan fingerprint density at radius 3 is 2.88 bits per heavy atom. The first-order chi connectivity index (χ1) is 12.7. The Labute approximate surface area is 154 Å². The van der Waals surface area contributed by atoms with Crippen molar-refractivity contribution in [3.05, 3.63) is 76.6 Å². The molecule has 0 fully saturated rings. The van der Waals surface area contributed by atoms with Crippen molar-refractivity contribution in [2.75, 3.05) is 4.90 Å². The minimum absolute atomic E-state index is 0.0974. The lowest BCUT2D eigenvalue weighted by Crippen LogP contribution is -2.47. The van der Waals surface area contributed by atoms with Gasteiger partial charge in [-0.05, 0) is 23.8 Å². The molecule has 0 N–H and O–H groups in total. The van der Waals surface area contributed by atoms with E-state index >= 15 is 0 Å². The van der Waals surface area contributed by atoms with Crippen molar-refractivity contribution in [2.45, 2.75) is 25.3 Å². The van der Waals surface area contributed by atoms with E-state index in [4.69, 9.17) is 16.3 Å². The van der Waals surface area contributed by atoms with Crippen LogP contribution in [0, 0.1) is 0 Å². The van der Waals surface area contributed by atoms with Gasteiger partial charge in [-0.25, -0.2) is 4.68 Å². The summed E-state index contributed by atoms with van der Waals surface area (Å²) in [5.41, 5.74) is 2.40. The molecule has 0 bridgehead atoms. The molecule has 1 amide bonds. The van der Waals surface area contributed by atoms with E-state index in [-0.39, 0.29) is 12.5 Å². The number of nitrogens with zero attached hydrogens (tertiary/aromatic N) is 4. The van der Waals surface area contributed by atoms with E-state index in [2.05, 4.69) is 10.3 Å². The third kappa shape index (κ3) is 2.19. The molecule has 26 heavy (non-hydrogen) atoms. The van der Waals surface area contributed by atoms with E-state index in [9.17, 15) is 4.79 Å². The van der Waals surface area contributed by atoms with Crippen LogP contribution in [0.4, 0.5) is 5.69 Å². The second-order valence-electron chi connectivity index (χ2n) is 6.54. The third-order valence-electron chi connectivity index (χ3n) is 5.00. The fraction of sp³-hybridized carbons (Fsp3) is 0.211. The summed E-state index contributed by atoms with van der Waals surface area (Å²) in [5.74, 6) is -0.0974. The monoisotopic (exact) mass is 366 g/mol.